The molecule has 0 unspecified atom stereocenters. The van der Waals surface area contributed by atoms with Crippen LogP contribution in [0.5, 0.6) is 5.75 Å². The molecule has 1 saturated heterocycles. The number of hydrogen-bond acceptors (Lipinski definition) is 6. The number of rotatable bonds is 8. The molecular weight excluding hydrogens is 457 g/mol. The van der Waals surface area contributed by atoms with Gasteiger partial charge in [0.05, 0.1) is 29.6 Å². The highest BCUT2D eigenvalue weighted by Crippen LogP contribution is 2.24. The van der Waals surface area contributed by atoms with E-state index in [1.807, 2.05) is 6.07 Å². The van der Waals surface area contributed by atoms with Gasteiger partial charge in [-0.2, -0.15) is 0 Å². The minimum atomic E-state index is -3.51. The van der Waals surface area contributed by atoms with E-state index in [4.69, 9.17) is 9.72 Å². The topological polar surface area (TPSA) is 70.9 Å². The maximum Gasteiger partial charge on any atom is 0.242 e. The lowest BCUT2D eigenvalue weighted by Crippen LogP contribution is -2.45. The number of ether oxygens (including phenoxy) is 1. The maximum atomic E-state index is 13.7. The van der Waals surface area contributed by atoms with Crippen molar-refractivity contribution in [3.63, 3.8) is 0 Å². The number of halogens is 1. The monoisotopic (exact) mass is 489 g/mol. The smallest absolute Gasteiger partial charge is 0.242 e. The number of aryl methyl sites for hydroxylation is 1. The number of sulfonamides is 1. The SMILES string of the molecule is CCn1c(CN2CCN(Cc3cc(F)ccc3OC)CC2)nc2cc(S(=O)(=O)N(C)C)ccc21. The molecule has 0 N–H and O–H groups in total. The van der Waals surface area contributed by atoms with Crippen molar-refractivity contribution in [2.75, 3.05) is 47.4 Å². The molecule has 1 aromatic heterocycles. The molecule has 2 heterocycles. The van der Waals surface area contributed by atoms with Crippen LogP contribution in [-0.4, -0.2) is 79.5 Å². The average molecular weight is 490 g/mol. The summed E-state index contributed by atoms with van der Waals surface area (Å²) in [5.41, 5.74) is 2.48. The summed E-state index contributed by atoms with van der Waals surface area (Å²) in [5, 5.41) is 0. The standard InChI is InChI=1S/C24H32FN5O3S/c1-5-30-22-8-7-20(34(31,32)27(2)3)15-21(22)26-24(30)17-29-12-10-28(11-13-29)16-18-14-19(25)6-9-23(18)33-4/h6-9,14-15H,5,10-13,16-17H2,1-4H3. The molecule has 2 aromatic carbocycles. The Hall–Kier alpha value is -2.53. The highest BCUT2D eigenvalue weighted by atomic mass is 32.2. The number of imidazole rings is 1. The van der Waals surface area contributed by atoms with E-state index in [-0.39, 0.29) is 10.7 Å². The first-order valence-corrected chi connectivity index (χ1v) is 12.9. The second kappa shape index (κ2) is 9.99. The molecule has 1 aliphatic heterocycles. The lowest BCUT2D eigenvalue weighted by atomic mass is 10.1. The highest BCUT2D eigenvalue weighted by Gasteiger charge is 2.22. The van der Waals surface area contributed by atoms with Gasteiger partial charge in [0, 0.05) is 58.9 Å². The van der Waals surface area contributed by atoms with E-state index < -0.39 is 10.0 Å². The molecule has 0 aliphatic carbocycles. The fraction of sp³-hybridized carbons (Fsp3) is 0.458. The van der Waals surface area contributed by atoms with E-state index in [0.717, 1.165) is 49.6 Å². The lowest BCUT2D eigenvalue weighted by molar-refractivity contribution is 0.118. The Balaban J connectivity index is 1.46. The molecule has 0 radical (unpaired) electrons. The average Bonchev–Trinajstić information content (AvgIpc) is 3.16. The van der Waals surface area contributed by atoms with Gasteiger partial charge in [0.1, 0.15) is 17.4 Å². The third-order valence-corrected chi connectivity index (χ3v) is 8.17. The van der Waals surface area contributed by atoms with Gasteiger partial charge < -0.3 is 9.30 Å². The molecular formula is C24H32FN5O3S. The van der Waals surface area contributed by atoms with Crippen molar-refractivity contribution in [1.29, 1.82) is 0 Å². The fourth-order valence-electron chi connectivity index (χ4n) is 4.42. The van der Waals surface area contributed by atoms with Gasteiger partial charge in [-0.1, -0.05) is 0 Å². The minimum Gasteiger partial charge on any atom is -0.496 e. The van der Waals surface area contributed by atoms with Crippen LogP contribution in [0.4, 0.5) is 4.39 Å². The molecule has 4 rings (SSSR count). The summed E-state index contributed by atoms with van der Waals surface area (Å²) in [5.74, 6) is 1.38. The van der Waals surface area contributed by atoms with Gasteiger partial charge in [-0.05, 0) is 43.3 Å². The van der Waals surface area contributed by atoms with Crippen LogP contribution in [0.25, 0.3) is 11.0 Å². The third kappa shape index (κ3) is 4.95. The van der Waals surface area contributed by atoms with Crippen molar-refractivity contribution in [3.8, 4) is 5.75 Å². The molecule has 8 nitrogen and oxygen atoms in total. The van der Waals surface area contributed by atoms with Gasteiger partial charge in [-0.25, -0.2) is 22.1 Å². The van der Waals surface area contributed by atoms with Crippen molar-refractivity contribution >= 4 is 21.1 Å². The second-order valence-electron chi connectivity index (χ2n) is 8.72. The van der Waals surface area contributed by atoms with Gasteiger partial charge >= 0.3 is 0 Å². The first-order valence-electron chi connectivity index (χ1n) is 11.4. The van der Waals surface area contributed by atoms with Crippen LogP contribution < -0.4 is 4.74 Å². The molecule has 0 amide bonds. The van der Waals surface area contributed by atoms with Gasteiger partial charge in [0.25, 0.3) is 0 Å². The van der Waals surface area contributed by atoms with Crippen molar-refractivity contribution in [2.45, 2.75) is 31.5 Å². The van der Waals surface area contributed by atoms with Crippen LogP contribution in [0, 0.1) is 5.82 Å². The quantitative estimate of drug-likeness (QED) is 0.485. The Morgan fingerprint density at radius 1 is 1.03 bits per heavy atom. The predicted molar refractivity (Wildman–Crippen MR) is 130 cm³/mol. The molecule has 184 valence electrons. The first-order chi connectivity index (χ1) is 16.2. The number of methoxy groups -OCH3 is 1. The van der Waals surface area contributed by atoms with Crippen LogP contribution in [0.2, 0.25) is 0 Å². The van der Waals surface area contributed by atoms with Gasteiger partial charge in [-0.15, -0.1) is 0 Å². The maximum absolute atomic E-state index is 13.7. The van der Waals surface area contributed by atoms with Crippen molar-refractivity contribution in [1.82, 2.24) is 23.7 Å². The molecule has 3 aromatic rings. The summed E-state index contributed by atoms with van der Waals surface area (Å²) >= 11 is 0. The number of hydrogen-bond donors (Lipinski definition) is 0. The lowest BCUT2D eigenvalue weighted by Gasteiger charge is -2.34. The van der Waals surface area contributed by atoms with E-state index in [0.29, 0.717) is 24.4 Å². The molecule has 0 bridgehead atoms. The summed E-state index contributed by atoms with van der Waals surface area (Å²) in [6.07, 6.45) is 0. The number of aromatic nitrogens is 2. The van der Waals surface area contributed by atoms with Gasteiger partial charge in [0.15, 0.2) is 0 Å². The highest BCUT2D eigenvalue weighted by molar-refractivity contribution is 7.89. The largest absolute Gasteiger partial charge is 0.496 e. The number of nitrogens with zero attached hydrogens (tertiary/aromatic N) is 5. The zero-order valence-corrected chi connectivity index (χ0v) is 21.0. The van der Waals surface area contributed by atoms with Crippen molar-refractivity contribution in [3.05, 3.63) is 53.6 Å². The molecule has 1 aliphatic rings. The van der Waals surface area contributed by atoms with Crippen LogP contribution >= 0.6 is 0 Å². The molecule has 1 fully saturated rings. The second-order valence-corrected chi connectivity index (χ2v) is 10.9. The number of piperazine rings is 1. The van der Waals surface area contributed by atoms with Crippen LogP contribution in [0.15, 0.2) is 41.3 Å². The minimum absolute atomic E-state index is 0.249. The molecule has 0 atom stereocenters. The Kier molecular flexibility index (Phi) is 7.22. The Labute approximate surface area is 200 Å². The Bertz CT molecular complexity index is 1270. The van der Waals surface area contributed by atoms with Crippen molar-refractivity contribution in [2.24, 2.45) is 0 Å². The van der Waals surface area contributed by atoms with E-state index in [1.54, 1.807) is 31.4 Å². The van der Waals surface area contributed by atoms with Crippen molar-refractivity contribution < 1.29 is 17.5 Å². The summed E-state index contributed by atoms with van der Waals surface area (Å²) in [4.78, 5) is 9.70. The Morgan fingerprint density at radius 3 is 2.32 bits per heavy atom. The molecule has 34 heavy (non-hydrogen) atoms. The third-order valence-electron chi connectivity index (χ3n) is 6.36. The zero-order chi connectivity index (χ0) is 24.5. The summed E-state index contributed by atoms with van der Waals surface area (Å²) < 4.78 is 47.5. The van der Waals surface area contributed by atoms with Gasteiger partial charge in [0.2, 0.25) is 10.0 Å². The predicted octanol–water partition coefficient (Wildman–Crippen LogP) is 2.77. The van der Waals surface area contributed by atoms with E-state index in [2.05, 4.69) is 21.3 Å². The summed E-state index contributed by atoms with van der Waals surface area (Å²) in [7, 11) is 1.15. The molecule has 0 saturated carbocycles. The Morgan fingerprint density at radius 2 is 1.71 bits per heavy atom. The van der Waals surface area contributed by atoms with E-state index in [1.165, 1.54) is 24.5 Å². The van der Waals surface area contributed by atoms with E-state index in [9.17, 15) is 12.8 Å². The first kappa shape index (κ1) is 24.6. The number of benzene rings is 2. The summed E-state index contributed by atoms with van der Waals surface area (Å²) in [6.45, 7) is 7.61. The fourth-order valence-corrected chi connectivity index (χ4v) is 5.34. The zero-order valence-electron chi connectivity index (χ0n) is 20.2. The normalized spacial score (nSPS) is 15.9. The van der Waals surface area contributed by atoms with Crippen LogP contribution in [0.1, 0.15) is 18.3 Å². The van der Waals surface area contributed by atoms with Crippen LogP contribution in [0.3, 0.4) is 0 Å². The molecule has 10 heteroatoms. The molecule has 0 spiro atoms. The van der Waals surface area contributed by atoms with Crippen LogP contribution in [-0.2, 0) is 29.7 Å². The summed E-state index contributed by atoms with van der Waals surface area (Å²) in [6, 6.07) is 9.78. The van der Waals surface area contributed by atoms with E-state index >= 15 is 0 Å². The number of fused-ring (bicyclic) bond motifs is 1. The van der Waals surface area contributed by atoms with Gasteiger partial charge in [-0.3, -0.25) is 9.80 Å².